The zero-order chi connectivity index (χ0) is 32.2. The molecule has 1 saturated heterocycles. The lowest BCUT2D eigenvalue weighted by Crippen LogP contribution is -2.38. The predicted molar refractivity (Wildman–Crippen MR) is 167 cm³/mol. The number of halogens is 1. The smallest absolute Gasteiger partial charge is 0.335 e. The van der Waals surface area contributed by atoms with Crippen LogP contribution in [0, 0.1) is 17.1 Å². The lowest BCUT2D eigenvalue weighted by Gasteiger charge is -2.31. The van der Waals surface area contributed by atoms with Crippen molar-refractivity contribution in [2.24, 2.45) is 0 Å². The standard InChI is InChI=1S/C34H34FN7O4/c1-22(2)42-21-37-17-26(42)18-41-30-15-24(34(43)44)7-8-29(30)39-32(41)19-40-12-10-27(11-13-40)46-33-5-3-4-25(38-33)20-45-31-9-6-23(16-36)14-28(31)35/h3-9,14-15,17,21-22,27H,10-13,18-20H2,1-2H3,(H,43,44). The number of hydrogen-bond donors (Lipinski definition) is 1. The zero-order valence-electron chi connectivity index (χ0n) is 25.6. The molecule has 0 atom stereocenters. The van der Waals surface area contributed by atoms with Crippen LogP contribution in [0.25, 0.3) is 11.0 Å². The number of nitriles is 1. The Morgan fingerprint density at radius 3 is 2.67 bits per heavy atom. The van der Waals surface area contributed by atoms with Gasteiger partial charge in [0.1, 0.15) is 18.5 Å². The molecule has 3 aromatic heterocycles. The highest BCUT2D eigenvalue weighted by molar-refractivity contribution is 5.92. The maximum Gasteiger partial charge on any atom is 0.335 e. The van der Waals surface area contributed by atoms with Crippen molar-refractivity contribution < 1.29 is 23.8 Å². The second kappa shape index (κ2) is 13.4. The summed E-state index contributed by atoms with van der Waals surface area (Å²) in [6.07, 6.45) is 5.23. The van der Waals surface area contributed by atoms with Crippen LogP contribution in [0.2, 0.25) is 0 Å². The molecule has 0 spiro atoms. The molecule has 6 rings (SSSR count). The fourth-order valence-corrected chi connectivity index (χ4v) is 5.68. The van der Waals surface area contributed by atoms with E-state index < -0.39 is 11.8 Å². The van der Waals surface area contributed by atoms with E-state index >= 15 is 0 Å². The van der Waals surface area contributed by atoms with Crippen LogP contribution in [-0.4, -0.2) is 59.3 Å². The Morgan fingerprint density at radius 2 is 1.93 bits per heavy atom. The SMILES string of the molecule is CC(C)n1cncc1Cn1c(CN2CCC(Oc3cccc(COc4ccc(C#N)cc4F)n3)CC2)nc2ccc(C(=O)O)cc21. The number of nitrogens with zero attached hydrogens (tertiary/aromatic N) is 7. The van der Waals surface area contributed by atoms with Gasteiger partial charge in [0.2, 0.25) is 5.88 Å². The minimum atomic E-state index is -0.974. The molecule has 1 fully saturated rings. The summed E-state index contributed by atoms with van der Waals surface area (Å²) in [5, 5.41) is 18.6. The Hall–Kier alpha value is -5.28. The molecular weight excluding hydrogens is 589 g/mol. The molecule has 0 unspecified atom stereocenters. The lowest BCUT2D eigenvalue weighted by molar-refractivity contribution is 0.0697. The third-order valence-electron chi connectivity index (χ3n) is 8.10. The molecule has 0 bridgehead atoms. The van der Waals surface area contributed by atoms with Gasteiger partial charge in [-0.15, -0.1) is 0 Å². The summed E-state index contributed by atoms with van der Waals surface area (Å²) in [6.45, 7) is 6.98. The molecule has 12 heteroatoms. The molecule has 1 N–H and O–H groups in total. The van der Waals surface area contributed by atoms with Crippen molar-refractivity contribution in [1.82, 2.24) is 29.0 Å². The van der Waals surface area contributed by atoms with Gasteiger partial charge >= 0.3 is 5.97 Å². The normalized spacial score (nSPS) is 14.1. The first-order valence-electron chi connectivity index (χ1n) is 15.2. The van der Waals surface area contributed by atoms with Crippen molar-refractivity contribution in [3.05, 3.63) is 101 Å². The molecule has 46 heavy (non-hydrogen) atoms. The monoisotopic (exact) mass is 623 g/mol. The molecule has 0 amide bonds. The largest absolute Gasteiger partial charge is 0.484 e. The van der Waals surface area contributed by atoms with Gasteiger partial charge in [-0.05, 0) is 69.2 Å². The van der Waals surface area contributed by atoms with Crippen LogP contribution in [0.4, 0.5) is 4.39 Å². The Bertz CT molecular complexity index is 1900. The van der Waals surface area contributed by atoms with Crippen LogP contribution in [0.15, 0.2) is 67.1 Å². The fraction of sp³-hybridized carbons (Fsp3) is 0.324. The van der Waals surface area contributed by atoms with E-state index in [0.29, 0.717) is 24.7 Å². The molecule has 4 heterocycles. The van der Waals surface area contributed by atoms with E-state index in [2.05, 4.69) is 37.8 Å². The van der Waals surface area contributed by atoms with E-state index in [1.54, 1.807) is 30.3 Å². The average molecular weight is 624 g/mol. The molecular formula is C34H34FN7O4. The molecule has 0 aliphatic carbocycles. The number of likely N-dealkylation sites (tertiary alicyclic amines) is 1. The molecule has 0 saturated carbocycles. The van der Waals surface area contributed by atoms with Crippen molar-refractivity contribution in [1.29, 1.82) is 5.26 Å². The zero-order valence-corrected chi connectivity index (χ0v) is 25.6. The summed E-state index contributed by atoms with van der Waals surface area (Å²) in [5.41, 5.74) is 3.61. The number of pyridine rings is 1. The van der Waals surface area contributed by atoms with E-state index in [4.69, 9.17) is 19.7 Å². The Balaban J connectivity index is 1.10. The van der Waals surface area contributed by atoms with Crippen LogP contribution in [0.1, 0.15) is 65.9 Å². The minimum Gasteiger partial charge on any atom is -0.484 e. The number of fused-ring (bicyclic) bond motifs is 1. The van der Waals surface area contributed by atoms with Crippen molar-refractivity contribution in [3.63, 3.8) is 0 Å². The first-order chi connectivity index (χ1) is 22.3. The van der Waals surface area contributed by atoms with E-state index in [9.17, 15) is 14.3 Å². The molecule has 236 valence electrons. The topological polar surface area (TPSA) is 131 Å². The van der Waals surface area contributed by atoms with Gasteiger partial charge in [-0.3, -0.25) is 4.90 Å². The number of benzene rings is 2. The van der Waals surface area contributed by atoms with Crippen LogP contribution < -0.4 is 9.47 Å². The summed E-state index contributed by atoms with van der Waals surface area (Å²) < 4.78 is 30.2. The van der Waals surface area contributed by atoms with E-state index in [1.165, 1.54) is 12.1 Å². The average Bonchev–Trinajstić information content (AvgIpc) is 3.66. The van der Waals surface area contributed by atoms with Crippen LogP contribution in [-0.2, 0) is 19.7 Å². The van der Waals surface area contributed by atoms with Crippen molar-refractivity contribution in [2.75, 3.05) is 13.1 Å². The summed E-state index contributed by atoms with van der Waals surface area (Å²) in [4.78, 5) is 27.9. The maximum absolute atomic E-state index is 14.2. The highest BCUT2D eigenvalue weighted by Gasteiger charge is 2.24. The first-order valence-corrected chi connectivity index (χ1v) is 15.2. The summed E-state index contributed by atoms with van der Waals surface area (Å²) >= 11 is 0. The number of rotatable bonds is 11. The predicted octanol–water partition coefficient (Wildman–Crippen LogP) is 5.59. The second-order valence-corrected chi connectivity index (χ2v) is 11.6. The summed E-state index contributed by atoms with van der Waals surface area (Å²) in [5.74, 6) is -0.167. The highest BCUT2D eigenvalue weighted by atomic mass is 19.1. The molecule has 1 aliphatic heterocycles. The number of carboxylic acids is 1. The third-order valence-corrected chi connectivity index (χ3v) is 8.10. The van der Waals surface area contributed by atoms with Crippen LogP contribution >= 0.6 is 0 Å². The summed E-state index contributed by atoms with van der Waals surface area (Å²) in [6, 6.07) is 16.7. The molecule has 0 radical (unpaired) electrons. The fourth-order valence-electron chi connectivity index (χ4n) is 5.68. The molecule has 11 nitrogen and oxygen atoms in total. The molecule has 2 aromatic carbocycles. The van der Waals surface area contributed by atoms with E-state index in [0.717, 1.165) is 54.5 Å². The Kier molecular flexibility index (Phi) is 8.94. The number of piperidine rings is 1. The Labute approximate surface area is 265 Å². The van der Waals surface area contributed by atoms with Crippen LogP contribution in [0.5, 0.6) is 11.6 Å². The molecule has 1 aliphatic rings. The number of hydrogen-bond acceptors (Lipinski definition) is 8. The van der Waals surface area contributed by atoms with E-state index in [1.807, 2.05) is 24.7 Å². The number of carbonyl (C=O) groups is 1. The van der Waals surface area contributed by atoms with Gasteiger partial charge in [0, 0.05) is 31.4 Å². The second-order valence-electron chi connectivity index (χ2n) is 11.6. The maximum atomic E-state index is 14.2. The van der Waals surface area contributed by atoms with Gasteiger partial charge in [0.25, 0.3) is 0 Å². The van der Waals surface area contributed by atoms with Crippen molar-refractivity contribution >= 4 is 17.0 Å². The number of imidazole rings is 2. The first kappa shape index (κ1) is 30.7. The number of aromatic carboxylic acids is 1. The van der Waals surface area contributed by atoms with Crippen LogP contribution in [0.3, 0.4) is 0 Å². The third kappa shape index (κ3) is 6.84. The van der Waals surface area contributed by atoms with E-state index in [-0.39, 0.29) is 35.6 Å². The highest BCUT2D eigenvalue weighted by Crippen LogP contribution is 2.25. The lowest BCUT2D eigenvalue weighted by atomic mass is 10.1. The van der Waals surface area contributed by atoms with Gasteiger partial charge in [0.15, 0.2) is 11.6 Å². The molecule has 5 aromatic rings. The number of carboxylic acid groups (broad SMARTS) is 1. The van der Waals surface area contributed by atoms with Gasteiger partial charge in [-0.25, -0.2) is 24.1 Å². The van der Waals surface area contributed by atoms with Crippen molar-refractivity contribution in [3.8, 4) is 17.7 Å². The Morgan fingerprint density at radius 1 is 1.11 bits per heavy atom. The van der Waals surface area contributed by atoms with Gasteiger partial charge in [-0.1, -0.05) is 6.07 Å². The number of ether oxygens (including phenoxy) is 2. The van der Waals surface area contributed by atoms with Gasteiger partial charge in [-0.2, -0.15) is 5.26 Å². The summed E-state index contributed by atoms with van der Waals surface area (Å²) in [7, 11) is 0. The quantitative estimate of drug-likeness (QED) is 0.200. The number of aromatic nitrogens is 5. The van der Waals surface area contributed by atoms with Gasteiger partial charge < -0.3 is 23.7 Å². The van der Waals surface area contributed by atoms with Gasteiger partial charge in [0.05, 0.1) is 59.0 Å². The minimum absolute atomic E-state index is 0.0202. The van der Waals surface area contributed by atoms with Crippen molar-refractivity contribution in [2.45, 2.75) is 58.5 Å².